The Hall–Kier alpha value is -2.06. The monoisotopic (exact) mass is 341 g/mol. The molecular formula is C14H15NO5S2. The lowest BCUT2D eigenvalue weighted by Gasteiger charge is -2.10. The van der Waals surface area contributed by atoms with Crippen LogP contribution in [0.3, 0.4) is 0 Å². The molecule has 0 saturated carbocycles. The number of carbonyl (C=O) groups excluding carboxylic acids is 1. The second-order valence-electron chi connectivity index (χ2n) is 4.33. The van der Waals surface area contributed by atoms with Gasteiger partial charge in [-0.3, -0.25) is 4.79 Å². The Morgan fingerprint density at radius 3 is 2.45 bits per heavy atom. The van der Waals surface area contributed by atoms with Crippen LogP contribution in [0.1, 0.15) is 4.88 Å². The van der Waals surface area contributed by atoms with Gasteiger partial charge in [0.05, 0.1) is 7.11 Å². The van der Waals surface area contributed by atoms with Gasteiger partial charge in [0.25, 0.3) is 15.9 Å². The molecule has 2 rings (SSSR count). The average Bonchev–Trinajstić information content (AvgIpc) is 2.92. The van der Waals surface area contributed by atoms with E-state index in [0.717, 1.165) is 16.2 Å². The zero-order valence-corrected chi connectivity index (χ0v) is 13.7. The van der Waals surface area contributed by atoms with Gasteiger partial charge in [0.15, 0.2) is 18.1 Å². The summed E-state index contributed by atoms with van der Waals surface area (Å²) in [4.78, 5) is 12.6. The van der Waals surface area contributed by atoms with Crippen LogP contribution in [0.15, 0.2) is 40.6 Å². The van der Waals surface area contributed by atoms with Crippen molar-refractivity contribution < 1.29 is 22.7 Å². The average molecular weight is 341 g/mol. The maximum Gasteiger partial charge on any atom is 0.273 e. The van der Waals surface area contributed by atoms with Gasteiger partial charge in [0, 0.05) is 4.88 Å². The molecule has 22 heavy (non-hydrogen) atoms. The predicted octanol–water partition coefficient (Wildman–Crippen LogP) is 1.95. The molecule has 0 unspecified atom stereocenters. The minimum Gasteiger partial charge on any atom is -0.493 e. The molecule has 118 valence electrons. The van der Waals surface area contributed by atoms with E-state index in [0.29, 0.717) is 11.5 Å². The zero-order chi connectivity index (χ0) is 16.2. The van der Waals surface area contributed by atoms with E-state index in [1.807, 2.05) is 4.72 Å². The predicted molar refractivity (Wildman–Crippen MR) is 82.9 cm³/mol. The van der Waals surface area contributed by atoms with E-state index >= 15 is 0 Å². The Bertz CT molecular complexity index is 767. The minimum absolute atomic E-state index is 0.0932. The molecule has 1 aromatic carbocycles. The number of para-hydroxylation sites is 2. The Morgan fingerprint density at radius 1 is 1.18 bits per heavy atom. The Kier molecular flexibility index (Phi) is 5.04. The fourth-order valence-electron chi connectivity index (χ4n) is 1.67. The van der Waals surface area contributed by atoms with E-state index in [4.69, 9.17) is 9.47 Å². The number of ether oxygens (including phenoxy) is 2. The van der Waals surface area contributed by atoms with E-state index in [2.05, 4.69) is 0 Å². The Balaban J connectivity index is 1.98. The number of carbonyl (C=O) groups is 1. The minimum atomic E-state index is -3.85. The van der Waals surface area contributed by atoms with Crippen LogP contribution in [0.25, 0.3) is 0 Å². The number of amides is 1. The summed E-state index contributed by atoms with van der Waals surface area (Å²) in [6, 6.07) is 9.92. The summed E-state index contributed by atoms with van der Waals surface area (Å²) in [5.74, 6) is 0.0773. The largest absolute Gasteiger partial charge is 0.493 e. The number of hydrogen-bond donors (Lipinski definition) is 1. The molecule has 0 bridgehead atoms. The number of thiophene rings is 1. The van der Waals surface area contributed by atoms with Crippen molar-refractivity contribution >= 4 is 27.3 Å². The van der Waals surface area contributed by atoms with Crippen LogP contribution in [0.5, 0.6) is 11.5 Å². The van der Waals surface area contributed by atoms with Crippen molar-refractivity contribution in [2.45, 2.75) is 11.1 Å². The lowest BCUT2D eigenvalue weighted by atomic mass is 10.3. The lowest BCUT2D eigenvalue weighted by molar-refractivity contribution is -0.121. The van der Waals surface area contributed by atoms with Crippen molar-refractivity contribution in [2.75, 3.05) is 13.7 Å². The number of benzene rings is 1. The van der Waals surface area contributed by atoms with Crippen LogP contribution < -0.4 is 14.2 Å². The van der Waals surface area contributed by atoms with Crippen molar-refractivity contribution in [3.63, 3.8) is 0 Å². The van der Waals surface area contributed by atoms with Crippen molar-refractivity contribution in [2.24, 2.45) is 0 Å². The summed E-state index contributed by atoms with van der Waals surface area (Å²) in [6.07, 6.45) is 0. The molecule has 1 heterocycles. The number of sulfonamides is 1. The first-order chi connectivity index (χ1) is 10.4. The van der Waals surface area contributed by atoms with Gasteiger partial charge in [0.2, 0.25) is 0 Å². The van der Waals surface area contributed by atoms with Gasteiger partial charge in [-0.15, -0.1) is 11.3 Å². The maximum absolute atomic E-state index is 12.0. The summed E-state index contributed by atoms with van der Waals surface area (Å²) in [5, 5.41) is 0. The van der Waals surface area contributed by atoms with Crippen LogP contribution in [0.2, 0.25) is 0 Å². The molecule has 2 aromatic rings. The number of aryl methyl sites for hydroxylation is 1. The normalized spacial score (nSPS) is 11.0. The quantitative estimate of drug-likeness (QED) is 0.868. The zero-order valence-electron chi connectivity index (χ0n) is 12.0. The molecule has 1 aromatic heterocycles. The molecule has 6 nitrogen and oxygen atoms in total. The smallest absolute Gasteiger partial charge is 0.273 e. The summed E-state index contributed by atoms with van der Waals surface area (Å²) in [6.45, 7) is 1.36. The highest BCUT2D eigenvalue weighted by atomic mass is 32.2. The molecule has 0 radical (unpaired) electrons. The summed E-state index contributed by atoms with van der Waals surface area (Å²) >= 11 is 1.09. The molecule has 0 spiro atoms. The SMILES string of the molecule is COc1ccccc1OCC(=O)NS(=O)(=O)c1ccc(C)s1. The fraction of sp³-hybridized carbons (Fsp3) is 0.214. The fourth-order valence-corrected chi connectivity index (χ4v) is 3.92. The Labute approximate surface area is 132 Å². The number of hydrogen-bond acceptors (Lipinski definition) is 6. The number of nitrogens with one attached hydrogen (secondary N) is 1. The van der Waals surface area contributed by atoms with Crippen molar-refractivity contribution in [1.82, 2.24) is 4.72 Å². The first-order valence-corrected chi connectivity index (χ1v) is 8.60. The van der Waals surface area contributed by atoms with E-state index in [1.54, 1.807) is 37.3 Å². The highest BCUT2D eigenvalue weighted by Crippen LogP contribution is 2.25. The van der Waals surface area contributed by atoms with E-state index in [-0.39, 0.29) is 4.21 Å². The maximum atomic E-state index is 12.0. The standard InChI is InChI=1S/C14H15NO5S2/c1-10-7-8-14(21-10)22(17,18)15-13(16)9-20-12-6-4-3-5-11(12)19-2/h3-8H,9H2,1-2H3,(H,15,16). The van der Waals surface area contributed by atoms with Crippen LogP contribution in [0.4, 0.5) is 0 Å². The Morgan fingerprint density at radius 2 is 1.86 bits per heavy atom. The third kappa shape index (κ3) is 3.99. The number of methoxy groups -OCH3 is 1. The molecule has 1 N–H and O–H groups in total. The van der Waals surface area contributed by atoms with Gasteiger partial charge < -0.3 is 9.47 Å². The summed E-state index contributed by atoms with van der Waals surface area (Å²) in [5.41, 5.74) is 0. The molecule has 0 atom stereocenters. The first kappa shape index (κ1) is 16.3. The van der Waals surface area contributed by atoms with Crippen LogP contribution >= 0.6 is 11.3 Å². The van der Waals surface area contributed by atoms with E-state index in [9.17, 15) is 13.2 Å². The van der Waals surface area contributed by atoms with E-state index in [1.165, 1.54) is 13.2 Å². The molecule has 8 heteroatoms. The highest BCUT2D eigenvalue weighted by Gasteiger charge is 2.19. The van der Waals surface area contributed by atoms with Gasteiger partial charge in [0.1, 0.15) is 4.21 Å². The summed E-state index contributed by atoms with van der Waals surface area (Å²) in [7, 11) is -2.37. The molecule has 0 aliphatic heterocycles. The third-order valence-corrected chi connectivity index (χ3v) is 5.52. The second-order valence-corrected chi connectivity index (χ2v) is 7.53. The summed E-state index contributed by atoms with van der Waals surface area (Å²) < 4.78 is 36.4. The molecule has 0 fully saturated rings. The van der Waals surface area contributed by atoms with Crippen LogP contribution in [-0.4, -0.2) is 28.0 Å². The topological polar surface area (TPSA) is 81.7 Å². The van der Waals surface area contributed by atoms with Gasteiger partial charge >= 0.3 is 0 Å². The number of rotatable bonds is 6. The second kappa shape index (κ2) is 6.80. The van der Waals surface area contributed by atoms with Crippen LogP contribution in [-0.2, 0) is 14.8 Å². The van der Waals surface area contributed by atoms with Crippen LogP contribution in [0, 0.1) is 6.92 Å². The van der Waals surface area contributed by atoms with Gasteiger partial charge in [-0.2, -0.15) is 0 Å². The third-order valence-electron chi connectivity index (χ3n) is 2.66. The van der Waals surface area contributed by atoms with Gasteiger partial charge in [-0.25, -0.2) is 13.1 Å². The van der Waals surface area contributed by atoms with Crippen molar-refractivity contribution in [3.8, 4) is 11.5 Å². The molecular weight excluding hydrogens is 326 g/mol. The first-order valence-electron chi connectivity index (χ1n) is 6.30. The lowest BCUT2D eigenvalue weighted by Crippen LogP contribution is -2.34. The highest BCUT2D eigenvalue weighted by molar-refractivity contribution is 7.92. The molecule has 0 saturated heterocycles. The van der Waals surface area contributed by atoms with Gasteiger partial charge in [-0.05, 0) is 31.2 Å². The van der Waals surface area contributed by atoms with Crippen molar-refractivity contribution in [3.05, 3.63) is 41.3 Å². The van der Waals surface area contributed by atoms with Gasteiger partial charge in [-0.1, -0.05) is 12.1 Å². The molecule has 0 aliphatic carbocycles. The van der Waals surface area contributed by atoms with Crippen molar-refractivity contribution in [1.29, 1.82) is 0 Å². The molecule has 1 amide bonds. The molecule has 0 aliphatic rings. The van der Waals surface area contributed by atoms with E-state index < -0.39 is 22.5 Å².